The van der Waals surface area contributed by atoms with Crippen LogP contribution in [0.4, 0.5) is 19.0 Å². The largest absolute Gasteiger partial charge is 0.352 e. The lowest BCUT2D eigenvalue weighted by Gasteiger charge is -2.27. The average Bonchev–Trinajstić information content (AvgIpc) is 2.20. The molecule has 0 aliphatic heterocycles. The lowest BCUT2D eigenvalue weighted by Crippen LogP contribution is -2.33. The van der Waals surface area contributed by atoms with Gasteiger partial charge in [-0.3, -0.25) is 0 Å². The smallest absolute Gasteiger partial charge is 0.251 e. The van der Waals surface area contributed by atoms with Crippen molar-refractivity contribution in [3.63, 3.8) is 0 Å². The Morgan fingerprint density at radius 2 is 1.88 bits per heavy atom. The summed E-state index contributed by atoms with van der Waals surface area (Å²) >= 11 is 0. The molecule has 0 fully saturated rings. The summed E-state index contributed by atoms with van der Waals surface area (Å²) in [7, 11) is 0. The van der Waals surface area contributed by atoms with E-state index in [2.05, 4.69) is 4.98 Å². The first kappa shape index (κ1) is 12.8. The van der Waals surface area contributed by atoms with Gasteiger partial charge in [0, 0.05) is 18.7 Å². The maximum absolute atomic E-state index is 13.5. The van der Waals surface area contributed by atoms with E-state index in [0.717, 1.165) is 6.42 Å². The zero-order chi connectivity index (χ0) is 12.3. The predicted octanol–water partition coefficient (Wildman–Crippen LogP) is 3.12. The van der Waals surface area contributed by atoms with E-state index in [1.165, 1.54) is 0 Å². The molecule has 90 valence electrons. The Morgan fingerprint density at radius 3 is 2.38 bits per heavy atom. The molecule has 2 nitrogen and oxygen atoms in total. The summed E-state index contributed by atoms with van der Waals surface area (Å²) in [5.74, 6) is -3.49. The lowest BCUT2D eigenvalue weighted by atomic mass is 10.2. The minimum atomic E-state index is -1.27. The van der Waals surface area contributed by atoms with Crippen LogP contribution >= 0.6 is 0 Å². The SMILES string of the molecule is CCCN(c1nc(F)c(F)cc1F)C(C)C. The maximum Gasteiger partial charge on any atom is 0.251 e. The summed E-state index contributed by atoms with van der Waals surface area (Å²) in [4.78, 5) is 4.93. The van der Waals surface area contributed by atoms with Gasteiger partial charge >= 0.3 is 0 Å². The average molecular weight is 232 g/mol. The minimum Gasteiger partial charge on any atom is -0.352 e. The molecule has 0 radical (unpaired) electrons. The number of anilines is 1. The quantitative estimate of drug-likeness (QED) is 0.741. The Balaban J connectivity index is 3.13. The molecule has 0 amide bonds. The van der Waals surface area contributed by atoms with Crippen LogP contribution in [0, 0.1) is 17.6 Å². The molecule has 0 aliphatic rings. The second-order valence-corrected chi connectivity index (χ2v) is 3.85. The van der Waals surface area contributed by atoms with E-state index in [1.54, 1.807) is 4.90 Å². The van der Waals surface area contributed by atoms with Gasteiger partial charge < -0.3 is 4.90 Å². The summed E-state index contributed by atoms with van der Waals surface area (Å²) in [5, 5.41) is 0. The van der Waals surface area contributed by atoms with Gasteiger partial charge in [-0.05, 0) is 20.3 Å². The molecular formula is C11H15F3N2. The van der Waals surface area contributed by atoms with Crippen LogP contribution in [0.15, 0.2) is 6.07 Å². The number of pyridine rings is 1. The molecule has 0 unspecified atom stereocenters. The molecule has 0 atom stereocenters. The highest BCUT2D eigenvalue weighted by atomic mass is 19.2. The normalized spacial score (nSPS) is 10.9. The lowest BCUT2D eigenvalue weighted by molar-refractivity contribution is 0.460. The van der Waals surface area contributed by atoms with E-state index < -0.39 is 17.6 Å². The van der Waals surface area contributed by atoms with Crippen molar-refractivity contribution in [2.45, 2.75) is 33.2 Å². The monoisotopic (exact) mass is 232 g/mol. The Labute approximate surface area is 93.1 Å². The highest BCUT2D eigenvalue weighted by Crippen LogP contribution is 2.21. The molecule has 0 saturated carbocycles. The van der Waals surface area contributed by atoms with Gasteiger partial charge in [-0.15, -0.1) is 0 Å². The third-order valence-electron chi connectivity index (χ3n) is 2.23. The number of aromatic nitrogens is 1. The second-order valence-electron chi connectivity index (χ2n) is 3.85. The fraction of sp³-hybridized carbons (Fsp3) is 0.545. The van der Waals surface area contributed by atoms with Gasteiger partial charge in [-0.25, -0.2) is 8.78 Å². The van der Waals surface area contributed by atoms with Crippen LogP contribution in [-0.2, 0) is 0 Å². The summed E-state index contributed by atoms with van der Waals surface area (Å²) in [5.41, 5.74) is 0. The van der Waals surface area contributed by atoms with E-state index in [-0.39, 0.29) is 11.9 Å². The summed E-state index contributed by atoms with van der Waals surface area (Å²) in [6.07, 6.45) is 0.776. The van der Waals surface area contributed by atoms with Crippen molar-refractivity contribution in [2.75, 3.05) is 11.4 Å². The van der Waals surface area contributed by atoms with Gasteiger partial charge in [-0.2, -0.15) is 9.37 Å². The third-order valence-corrected chi connectivity index (χ3v) is 2.23. The van der Waals surface area contributed by atoms with Crippen molar-refractivity contribution in [1.82, 2.24) is 4.98 Å². The molecule has 16 heavy (non-hydrogen) atoms. The van der Waals surface area contributed by atoms with E-state index in [0.29, 0.717) is 12.6 Å². The zero-order valence-corrected chi connectivity index (χ0v) is 9.60. The van der Waals surface area contributed by atoms with E-state index >= 15 is 0 Å². The molecule has 5 heteroatoms. The topological polar surface area (TPSA) is 16.1 Å². The Kier molecular flexibility index (Phi) is 4.15. The maximum atomic E-state index is 13.5. The minimum absolute atomic E-state index is 0.0215. The van der Waals surface area contributed by atoms with Crippen LogP contribution < -0.4 is 4.90 Å². The first-order valence-corrected chi connectivity index (χ1v) is 5.25. The number of halogens is 3. The van der Waals surface area contributed by atoms with Crippen LogP contribution in [0.3, 0.4) is 0 Å². The van der Waals surface area contributed by atoms with Gasteiger partial charge in [0.25, 0.3) is 5.95 Å². The van der Waals surface area contributed by atoms with Crippen molar-refractivity contribution in [3.05, 3.63) is 23.6 Å². The second kappa shape index (κ2) is 5.18. The molecule has 1 aromatic heterocycles. The first-order valence-electron chi connectivity index (χ1n) is 5.25. The number of rotatable bonds is 4. The fourth-order valence-electron chi connectivity index (χ4n) is 1.49. The Hall–Kier alpha value is -1.26. The molecule has 1 rings (SSSR count). The van der Waals surface area contributed by atoms with E-state index in [1.807, 2.05) is 20.8 Å². The molecular weight excluding hydrogens is 217 g/mol. The first-order chi connectivity index (χ1) is 7.47. The number of nitrogens with zero attached hydrogens (tertiary/aromatic N) is 2. The van der Waals surface area contributed by atoms with Gasteiger partial charge in [0.2, 0.25) is 0 Å². The highest BCUT2D eigenvalue weighted by Gasteiger charge is 2.19. The highest BCUT2D eigenvalue weighted by molar-refractivity contribution is 5.40. The van der Waals surface area contributed by atoms with Gasteiger partial charge in [-0.1, -0.05) is 6.92 Å². The number of hydrogen-bond acceptors (Lipinski definition) is 2. The van der Waals surface area contributed by atoms with Gasteiger partial charge in [0.05, 0.1) is 0 Å². The molecule has 0 bridgehead atoms. The van der Waals surface area contributed by atoms with Crippen molar-refractivity contribution in [3.8, 4) is 0 Å². The number of hydrogen-bond donors (Lipinski definition) is 0. The van der Waals surface area contributed by atoms with Crippen LogP contribution in [0.2, 0.25) is 0 Å². The van der Waals surface area contributed by atoms with Crippen molar-refractivity contribution < 1.29 is 13.2 Å². The molecule has 0 saturated heterocycles. The fourth-order valence-corrected chi connectivity index (χ4v) is 1.49. The molecule has 0 aromatic carbocycles. The van der Waals surface area contributed by atoms with Gasteiger partial charge in [0.1, 0.15) is 0 Å². The Bertz CT molecular complexity index is 366. The zero-order valence-electron chi connectivity index (χ0n) is 9.60. The summed E-state index contributed by atoms with van der Waals surface area (Å²) in [6, 6.07) is 0.509. The third kappa shape index (κ3) is 2.65. The predicted molar refractivity (Wildman–Crippen MR) is 56.9 cm³/mol. The molecule has 0 aliphatic carbocycles. The van der Waals surface area contributed by atoms with Crippen molar-refractivity contribution in [1.29, 1.82) is 0 Å². The van der Waals surface area contributed by atoms with Crippen LogP contribution in [0.5, 0.6) is 0 Å². The summed E-state index contributed by atoms with van der Waals surface area (Å²) in [6.45, 7) is 6.16. The molecule has 1 aromatic rings. The van der Waals surface area contributed by atoms with Gasteiger partial charge in [0.15, 0.2) is 17.5 Å². The van der Waals surface area contributed by atoms with Crippen LogP contribution in [0.1, 0.15) is 27.2 Å². The molecule has 0 spiro atoms. The molecule has 0 N–H and O–H groups in total. The molecule has 1 heterocycles. The summed E-state index contributed by atoms with van der Waals surface area (Å²) < 4.78 is 39.1. The standard InChI is InChI=1S/C11H15F3N2/c1-4-5-16(7(2)3)11-9(13)6-8(12)10(14)15-11/h6-7H,4-5H2,1-3H3. The van der Waals surface area contributed by atoms with E-state index in [4.69, 9.17) is 0 Å². The van der Waals surface area contributed by atoms with Crippen molar-refractivity contribution >= 4 is 5.82 Å². The van der Waals surface area contributed by atoms with Crippen LogP contribution in [-0.4, -0.2) is 17.6 Å². The van der Waals surface area contributed by atoms with E-state index in [9.17, 15) is 13.2 Å². The van der Waals surface area contributed by atoms with Crippen molar-refractivity contribution in [2.24, 2.45) is 0 Å². The van der Waals surface area contributed by atoms with Crippen LogP contribution in [0.25, 0.3) is 0 Å². The Morgan fingerprint density at radius 1 is 1.25 bits per heavy atom.